The Kier molecular flexibility index (Phi) is 104. The summed E-state index contributed by atoms with van der Waals surface area (Å²) >= 11 is 0. The number of rotatable bonds is 44. The van der Waals surface area contributed by atoms with Crippen LogP contribution in [0.5, 0.6) is 0 Å². The van der Waals surface area contributed by atoms with Crippen LogP contribution in [0.3, 0.4) is 0 Å². The monoisotopic (exact) mass is 1120 g/mol. The molecule has 22 nitrogen and oxygen atoms in total. The molecule has 0 aliphatic heterocycles. The van der Waals surface area contributed by atoms with Crippen LogP contribution in [0.15, 0.2) is 0 Å². The van der Waals surface area contributed by atoms with Crippen molar-refractivity contribution in [3.05, 3.63) is 0 Å². The van der Waals surface area contributed by atoms with Crippen molar-refractivity contribution in [2.75, 3.05) is 79.3 Å². The standard InChI is InChI=1S/2C18H36O2.6C3H8O3/c2*1-2-3-4-5-6-7-8-9-10-11-12-13-14-15-16-17-18(19)20;6*4-1-3(6)2-5/h2*2-17H2,1H3,(H,19,20);6*3-6H,1-2H2. The number of aliphatic hydroxyl groups is 18. The van der Waals surface area contributed by atoms with Crippen LogP contribution in [0, 0.1) is 0 Å². The molecule has 0 aliphatic rings. The SMILES string of the molecule is CCCCCCCCCCCCCCCCCC(=O)O.CCCCCCCCCCCCCCCCCC(=O)O.OCC(O)CO.OCC(O)CO.OCC(O)CO.OCC(O)CO.OCC(O)CO.OCC(O)CO. The summed E-state index contributed by atoms with van der Waals surface area (Å²) in [5.74, 6) is -1.31. The summed E-state index contributed by atoms with van der Waals surface area (Å²) < 4.78 is 0. The van der Waals surface area contributed by atoms with Gasteiger partial charge in [-0.25, -0.2) is 0 Å². The Morgan fingerprint density at radius 2 is 0.329 bits per heavy atom. The van der Waals surface area contributed by atoms with Crippen molar-refractivity contribution >= 4 is 11.9 Å². The first-order valence-electron chi connectivity index (χ1n) is 28.2. The van der Waals surface area contributed by atoms with Crippen molar-refractivity contribution in [1.82, 2.24) is 0 Å². The fourth-order valence-electron chi connectivity index (χ4n) is 5.64. The van der Waals surface area contributed by atoms with E-state index in [0.29, 0.717) is 12.8 Å². The van der Waals surface area contributed by atoms with E-state index in [2.05, 4.69) is 13.8 Å². The Bertz CT molecular complexity index is 831. The molecule has 0 fully saturated rings. The van der Waals surface area contributed by atoms with Gasteiger partial charge in [-0.2, -0.15) is 0 Å². The lowest BCUT2D eigenvalue weighted by molar-refractivity contribution is -0.138. The maximum Gasteiger partial charge on any atom is 0.303 e. The molecule has 468 valence electrons. The Morgan fingerprint density at radius 3 is 0.408 bits per heavy atom. The number of carboxylic acids is 2. The molecule has 76 heavy (non-hydrogen) atoms. The predicted octanol–water partition coefficient (Wildman–Crippen LogP) is 2.66. The molecule has 22 heteroatoms. The average molecular weight is 1120 g/mol. The van der Waals surface area contributed by atoms with Crippen LogP contribution >= 0.6 is 0 Å². The zero-order valence-corrected chi connectivity index (χ0v) is 47.3. The summed E-state index contributed by atoms with van der Waals surface area (Å²) in [7, 11) is 0. The number of hydrogen-bond donors (Lipinski definition) is 20. The van der Waals surface area contributed by atoms with E-state index in [1.807, 2.05) is 0 Å². The van der Waals surface area contributed by atoms with E-state index in [1.165, 1.54) is 167 Å². The van der Waals surface area contributed by atoms with Gasteiger partial charge in [-0.15, -0.1) is 0 Å². The summed E-state index contributed by atoms with van der Waals surface area (Å²) in [6.07, 6.45) is 34.7. The highest BCUT2D eigenvalue weighted by Crippen LogP contribution is 2.15. The third kappa shape index (κ3) is 116. The second-order valence-electron chi connectivity index (χ2n) is 18.3. The van der Waals surface area contributed by atoms with E-state index in [9.17, 15) is 9.59 Å². The molecule has 0 saturated carbocycles. The van der Waals surface area contributed by atoms with Gasteiger partial charge in [-0.1, -0.05) is 194 Å². The normalized spacial score (nSPS) is 10.4. The van der Waals surface area contributed by atoms with E-state index in [4.69, 9.17) is 102 Å². The predicted molar refractivity (Wildman–Crippen MR) is 295 cm³/mol. The zero-order valence-electron chi connectivity index (χ0n) is 47.3. The number of hydrogen-bond acceptors (Lipinski definition) is 20. The average Bonchev–Trinajstić information content (AvgIpc) is 3.44. The van der Waals surface area contributed by atoms with E-state index >= 15 is 0 Å². The van der Waals surface area contributed by atoms with Crippen LogP contribution in [0.4, 0.5) is 0 Å². The zero-order chi connectivity index (χ0) is 59.7. The van der Waals surface area contributed by atoms with Crippen molar-refractivity contribution in [1.29, 1.82) is 0 Å². The lowest BCUT2D eigenvalue weighted by atomic mass is 10.0. The van der Waals surface area contributed by atoms with Crippen LogP contribution in [0.2, 0.25) is 0 Å². The molecule has 0 bridgehead atoms. The maximum absolute atomic E-state index is 10.3. The summed E-state index contributed by atoms with van der Waals surface area (Å²) in [6.45, 7) is 0.165. The Morgan fingerprint density at radius 1 is 0.224 bits per heavy atom. The minimum atomic E-state index is -0.954. The molecule has 0 unspecified atom stereocenters. The molecular weight excluding hydrogens is 1000 g/mol. The van der Waals surface area contributed by atoms with Crippen LogP contribution < -0.4 is 0 Å². The van der Waals surface area contributed by atoms with Gasteiger partial charge in [0, 0.05) is 12.8 Å². The fourth-order valence-corrected chi connectivity index (χ4v) is 5.64. The van der Waals surface area contributed by atoms with Crippen LogP contribution in [0.1, 0.15) is 219 Å². The first-order valence-corrected chi connectivity index (χ1v) is 28.2. The number of carboxylic acid groups (broad SMARTS) is 2. The number of carbonyl (C=O) groups is 2. The van der Waals surface area contributed by atoms with Crippen molar-refractivity contribution in [3.8, 4) is 0 Å². The molecule has 0 aromatic heterocycles. The highest BCUT2D eigenvalue weighted by Gasteiger charge is 2.00. The molecule has 0 radical (unpaired) electrons. The van der Waals surface area contributed by atoms with Gasteiger partial charge in [0.1, 0.15) is 36.6 Å². The van der Waals surface area contributed by atoms with Gasteiger partial charge < -0.3 is 102 Å². The molecule has 0 amide bonds. The Hall–Kier alpha value is -1.78. The van der Waals surface area contributed by atoms with E-state index in [-0.39, 0.29) is 79.3 Å². The van der Waals surface area contributed by atoms with Crippen molar-refractivity contribution in [2.45, 2.75) is 256 Å². The van der Waals surface area contributed by atoms with Crippen molar-refractivity contribution in [3.63, 3.8) is 0 Å². The number of unbranched alkanes of at least 4 members (excludes halogenated alkanes) is 28. The minimum Gasteiger partial charge on any atom is -0.481 e. The first-order chi connectivity index (χ1) is 36.4. The quantitative estimate of drug-likeness (QED) is 0.0390. The second-order valence-corrected chi connectivity index (χ2v) is 18.3. The van der Waals surface area contributed by atoms with Gasteiger partial charge >= 0.3 is 11.9 Å². The third-order valence-electron chi connectivity index (χ3n) is 10.5. The lowest BCUT2D eigenvalue weighted by Gasteiger charge is -2.03. The topological polar surface area (TPSA) is 439 Å². The van der Waals surface area contributed by atoms with Crippen LogP contribution in [-0.4, -0.2) is 230 Å². The molecular formula is C54H120O22. The molecule has 0 aromatic carbocycles. The van der Waals surface area contributed by atoms with Crippen LogP contribution in [0.25, 0.3) is 0 Å². The molecule has 0 heterocycles. The molecule has 0 aliphatic carbocycles. The van der Waals surface area contributed by atoms with E-state index in [0.717, 1.165) is 25.7 Å². The summed E-state index contributed by atoms with van der Waals surface area (Å²) in [6, 6.07) is 0. The van der Waals surface area contributed by atoms with Gasteiger partial charge in [-0.3, -0.25) is 9.59 Å². The highest BCUT2D eigenvalue weighted by molar-refractivity contribution is 5.66. The largest absolute Gasteiger partial charge is 0.481 e. The Labute approximate surface area is 457 Å². The van der Waals surface area contributed by atoms with E-state index in [1.54, 1.807) is 0 Å². The summed E-state index contributed by atoms with van der Waals surface area (Å²) in [5, 5.41) is 161. The van der Waals surface area contributed by atoms with Gasteiger partial charge in [-0.05, 0) is 12.8 Å². The molecule has 0 atom stereocenters. The highest BCUT2D eigenvalue weighted by atomic mass is 16.4. The van der Waals surface area contributed by atoms with Crippen molar-refractivity contribution < 1.29 is 112 Å². The first kappa shape index (κ1) is 90.7. The Balaban J connectivity index is -0.000000125. The van der Waals surface area contributed by atoms with Gasteiger partial charge in [0.15, 0.2) is 0 Å². The maximum atomic E-state index is 10.3. The molecule has 0 spiro atoms. The van der Waals surface area contributed by atoms with Crippen LogP contribution in [-0.2, 0) is 9.59 Å². The molecule has 20 N–H and O–H groups in total. The van der Waals surface area contributed by atoms with Gasteiger partial charge in [0.05, 0.1) is 79.3 Å². The fraction of sp³-hybridized carbons (Fsp3) is 0.963. The molecule has 0 rings (SSSR count). The lowest BCUT2D eigenvalue weighted by Crippen LogP contribution is -2.15. The van der Waals surface area contributed by atoms with E-state index < -0.39 is 48.6 Å². The van der Waals surface area contributed by atoms with Gasteiger partial charge in [0.2, 0.25) is 0 Å². The number of aliphatic carboxylic acids is 2. The number of aliphatic hydroxyl groups excluding tert-OH is 18. The van der Waals surface area contributed by atoms with Gasteiger partial charge in [0.25, 0.3) is 0 Å². The minimum absolute atomic E-state index is 0.345. The summed E-state index contributed by atoms with van der Waals surface area (Å²) in [5.41, 5.74) is 0. The molecule has 0 aromatic rings. The molecule has 0 saturated heterocycles. The smallest absolute Gasteiger partial charge is 0.303 e. The van der Waals surface area contributed by atoms with Crippen molar-refractivity contribution in [2.24, 2.45) is 0 Å². The second kappa shape index (κ2) is 87.1. The third-order valence-corrected chi connectivity index (χ3v) is 10.5. The summed E-state index contributed by atoms with van der Waals surface area (Å²) in [4.78, 5) is 20.7.